The van der Waals surface area contributed by atoms with Crippen LogP contribution in [0, 0.1) is 11.6 Å². The summed E-state index contributed by atoms with van der Waals surface area (Å²) in [7, 11) is 2.14. The molecule has 0 unspecified atom stereocenters. The highest BCUT2D eigenvalue weighted by molar-refractivity contribution is 5.82. The molecule has 1 saturated heterocycles. The first-order valence-corrected chi connectivity index (χ1v) is 11.5. The molecule has 3 aromatic heterocycles. The Labute approximate surface area is 196 Å². The Morgan fingerprint density at radius 2 is 1.79 bits per heavy atom. The number of fused-ring (bicyclic) bond motifs is 1. The average molecular weight is 464 g/mol. The zero-order valence-electron chi connectivity index (χ0n) is 19.5. The lowest BCUT2D eigenvalue weighted by molar-refractivity contribution is 0.255. The van der Waals surface area contributed by atoms with Crippen molar-refractivity contribution in [1.29, 1.82) is 0 Å². The maximum Gasteiger partial charge on any atom is 0.229 e. The largest absolute Gasteiger partial charge is 0.328 e. The number of rotatable bonds is 5. The van der Waals surface area contributed by atoms with Crippen LogP contribution in [0.25, 0.3) is 22.3 Å². The first kappa shape index (κ1) is 22.3. The van der Waals surface area contributed by atoms with Crippen LogP contribution in [0.1, 0.15) is 44.2 Å². The van der Waals surface area contributed by atoms with Crippen molar-refractivity contribution in [2.24, 2.45) is 0 Å². The number of benzene rings is 1. The van der Waals surface area contributed by atoms with E-state index in [0.717, 1.165) is 32.1 Å². The minimum absolute atomic E-state index is 0.0118. The summed E-state index contributed by atoms with van der Waals surface area (Å²) in [5, 5.41) is 3.04. The van der Waals surface area contributed by atoms with Crippen molar-refractivity contribution >= 4 is 22.8 Å². The van der Waals surface area contributed by atoms with Crippen LogP contribution < -0.4 is 5.32 Å². The first-order chi connectivity index (χ1) is 16.4. The van der Waals surface area contributed by atoms with Gasteiger partial charge in [-0.15, -0.1) is 0 Å². The maximum atomic E-state index is 14.7. The molecular formula is C25H27F2N7. The van der Waals surface area contributed by atoms with Crippen LogP contribution in [-0.4, -0.2) is 49.5 Å². The number of pyridine rings is 1. The van der Waals surface area contributed by atoms with E-state index in [1.807, 2.05) is 30.7 Å². The van der Waals surface area contributed by atoms with E-state index in [0.29, 0.717) is 22.8 Å². The molecule has 1 fully saturated rings. The van der Waals surface area contributed by atoms with Gasteiger partial charge in [0.15, 0.2) is 11.6 Å². The Hall–Kier alpha value is -3.46. The lowest BCUT2D eigenvalue weighted by atomic mass is 9.91. The molecule has 0 spiro atoms. The molecule has 1 aliphatic rings. The topological polar surface area (TPSA) is 71.8 Å². The van der Waals surface area contributed by atoms with Gasteiger partial charge in [0.2, 0.25) is 5.95 Å². The molecule has 176 valence electrons. The lowest BCUT2D eigenvalue weighted by Crippen LogP contribution is -2.29. The fourth-order valence-electron chi connectivity index (χ4n) is 4.45. The molecule has 0 aliphatic carbocycles. The Morgan fingerprint density at radius 1 is 1.00 bits per heavy atom. The van der Waals surface area contributed by atoms with Crippen LogP contribution in [0.5, 0.6) is 0 Å². The molecule has 0 atom stereocenters. The normalized spacial score (nSPS) is 15.4. The molecule has 34 heavy (non-hydrogen) atoms. The van der Waals surface area contributed by atoms with Crippen LogP contribution in [0.3, 0.4) is 0 Å². The van der Waals surface area contributed by atoms with Gasteiger partial charge in [0.05, 0.1) is 18.0 Å². The standard InChI is InChI=1S/C25H27F2N7/c1-15(2)34-14-30-24-19(26)10-18(11-21(24)34)23-20(27)13-29-25(32-23)31-22-5-4-17(12-28-22)16-6-8-33(3)9-7-16/h4-5,10-16H,6-9H2,1-3H3,(H,28,29,31,32). The van der Waals surface area contributed by atoms with Gasteiger partial charge in [0, 0.05) is 17.8 Å². The van der Waals surface area contributed by atoms with Gasteiger partial charge in [-0.2, -0.15) is 0 Å². The van der Waals surface area contributed by atoms with E-state index in [4.69, 9.17) is 0 Å². The molecule has 0 amide bonds. The fraction of sp³-hybridized carbons (Fsp3) is 0.360. The minimum Gasteiger partial charge on any atom is -0.328 e. The van der Waals surface area contributed by atoms with E-state index < -0.39 is 11.6 Å². The van der Waals surface area contributed by atoms with Gasteiger partial charge in [-0.25, -0.2) is 28.7 Å². The van der Waals surface area contributed by atoms with Crippen molar-refractivity contribution < 1.29 is 8.78 Å². The van der Waals surface area contributed by atoms with Gasteiger partial charge >= 0.3 is 0 Å². The summed E-state index contributed by atoms with van der Waals surface area (Å²) >= 11 is 0. The zero-order chi connectivity index (χ0) is 23.8. The van der Waals surface area contributed by atoms with Crippen LogP contribution in [0.4, 0.5) is 20.5 Å². The smallest absolute Gasteiger partial charge is 0.229 e. The van der Waals surface area contributed by atoms with Gasteiger partial charge in [0.25, 0.3) is 0 Å². The maximum absolute atomic E-state index is 14.7. The molecule has 7 nitrogen and oxygen atoms in total. The second kappa shape index (κ2) is 9.06. The highest BCUT2D eigenvalue weighted by Gasteiger charge is 2.19. The molecule has 9 heteroatoms. The molecule has 0 bridgehead atoms. The lowest BCUT2D eigenvalue weighted by Gasteiger charge is -2.29. The molecule has 4 heterocycles. The van der Waals surface area contributed by atoms with E-state index in [1.54, 1.807) is 12.4 Å². The average Bonchev–Trinajstić information content (AvgIpc) is 3.26. The van der Waals surface area contributed by atoms with Crippen molar-refractivity contribution in [3.63, 3.8) is 0 Å². The molecule has 1 N–H and O–H groups in total. The molecule has 1 aromatic carbocycles. The third kappa shape index (κ3) is 4.35. The van der Waals surface area contributed by atoms with Crippen molar-refractivity contribution in [2.45, 2.75) is 38.6 Å². The predicted octanol–water partition coefficient (Wildman–Crippen LogP) is 5.30. The van der Waals surface area contributed by atoms with Crippen LogP contribution in [0.2, 0.25) is 0 Å². The minimum atomic E-state index is -0.634. The van der Waals surface area contributed by atoms with Crippen molar-refractivity contribution in [1.82, 2.24) is 29.4 Å². The Bertz CT molecular complexity index is 1310. The molecule has 0 radical (unpaired) electrons. The zero-order valence-corrected chi connectivity index (χ0v) is 19.5. The van der Waals surface area contributed by atoms with Crippen molar-refractivity contribution in [3.05, 3.63) is 60.2 Å². The van der Waals surface area contributed by atoms with Crippen molar-refractivity contribution in [3.8, 4) is 11.3 Å². The van der Waals surface area contributed by atoms with Gasteiger partial charge in [-0.1, -0.05) is 6.07 Å². The van der Waals surface area contributed by atoms with Crippen LogP contribution >= 0.6 is 0 Å². The molecular weight excluding hydrogens is 436 g/mol. The Morgan fingerprint density at radius 3 is 2.50 bits per heavy atom. The number of nitrogens with zero attached hydrogens (tertiary/aromatic N) is 6. The number of hydrogen-bond donors (Lipinski definition) is 1. The number of likely N-dealkylation sites (tertiary alicyclic amines) is 1. The molecule has 0 saturated carbocycles. The highest BCUT2D eigenvalue weighted by atomic mass is 19.1. The summed E-state index contributed by atoms with van der Waals surface area (Å²) < 4.78 is 31.3. The molecule has 1 aliphatic heterocycles. The number of imidazole rings is 1. The second-order valence-electron chi connectivity index (χ2n) is 9.14. The number of anilines is 2. The third-order valence-electron chi connectivity index (χ3n) is 6.42. The number of nitrogens with one attached hydrogen (secondary N) is 1. The van der Waals surface area contributed by atoms with Gasteiger partial charge < -0.3 is 14.8 Å². The van der Waals surface area contributed by atoms with Gasteiger partial charge in [-0.3, -0.25) is 0 Å². The first-order valence-electron chi connectivity index (χ1n) is 11.5. The third-order valence-corrected chi connectivity index (χ3v) is 6.42. The van der Waals surface area contributed by atoms with Gasteiger partial charge in [-0.05, 0) is 76.5 Å². The van der Waals surface area contributed by atoms with E-state index in [2.05, 4.69) is 43.3 Å². The summed E-state index contributed by atoms with van der Waals surface area (Å²) in [6, 6.07) is 6.98. The number of aromatic nitrogens is 5. The van der Waals surface area contributed by atoms with Gasteiger partial charge in [0.1, 0.15) is 17.0 Å². The van der Waals surface area contributed by atoms with Crippen LogP contribution in [0.15, 0.2) is 43.0 Å². The number of halogens is 2. The van der Waals surface area contributed by atoms with E-state index in [-0.39, 0.29) is 23.2 Å². The van der Waals surface area contributed by atoms with Crippen LogP contribution in [-0.2, 0) is 0 Å². The summed E-state index contributed by atoms with van der Waals surface area (Å²) in [5.41, 5.74) is 2.38. The quantitative estimate of drug-likeness (QED) is 0.433. The summed E-state index contributed by atoms with van der Waals surface area (Å²) in [6.07, 6.45) is 6.78. The molecule has 5 rings (SSSR count). The number of piperidine rings is 1. The fourth-order valence-corrected chi connectivity index (χ4v) is 4.45. The van der Waals surface area contributed by atoms with Crippen molar-refractivity contribution in [2.75, 3.05) is 25.5 Å². The predicted molar refractivity (Wildman–Crippen MR) is 128 cm³/mol. The Kier molecular flexibility index (Phi) is 5.95. The van der Waals surface area contributed by atoms with E-state index >= 15 is 0 Å². The Balaban J connectivity index is 1.41. The highest BCUT2D eigenvalue weighted by Crippen LogP contribution is 2.30. The summed E-state index contributed by atoms with van der Waals surface area (Å²) in [6.45, 7) is 6.12. The monoisotopic (exact) mass is 463 g/mol. The van der Waals surface area contributed by atoms with E-state index in [1.165, 1.54) is 11.6 Å². The second-order valence-corrected chi connectivity index (χ2v) is 9.14. The summed E-state index contributed by atoms with van der Waals surface area (Å²) in [5.74, 6) is 0.106. The number of hydrogen-bond acceptors (Lipinski definition) is 6. The SMILES string of the molecule is CC(C)n1cnc2c(F)cc(-c3nc(Nc4ccc(C5CCN(C)CC5)cn4)ncc3F)cc21. The molecule has 4 aromatic rings. The van der Waals surface area contributed by atoms with E-state index in [9.17, 15) is 8.78 Å². The summed E-state index contributed by atoms with van der Waals surface area (Å²) in [4.78, 5) is 19.4.